The van der Waals surface area contributed by atoms with Crippen molar-refractivity contribution in [1.82, 2.24) is 4.90 Å². The van der Waals surface area contributed by atoms with E-state index in [2.05, 4.69) is 18.9 Å². The Kier molecular flexibility index (Phi) is 3.16. The molecule has 59 valence electrons. The van der Waals surface area contributed by atoms with Crippen LogP contribution in [0.1, 0.15) is 12.8 Å². The van der Waals surface area contributed by atoms with Crippen molar-refractivity contribution in [3.8, 4) is 0 Å². The quantitative estimate of drug-likeness (QED) is 0.581. The van der Waals surface area contributed by atoms with Crippen LogP contribution in [-0.2, 0) is 4.74 Å². The summed E-state index contributed by atoms with van der Waals surface area (Å²) in [5.74, 6) is 0. The summed E-state index contributed by atoms with van der Waals surface area (Å²) in [5.41, 5.74) is 0. The van der Waals surface area contributed by atoms with Crippen LogP contribution in [0.2, 0.25) is 0 Å². The largest absolute Gasteiger partial charge is 0.377 e. The molecule has 1 heterocycles. The van der Waals surface area contributed by atoms with Gasteiger partial charge in [-0.1, -0.05) is 0 Å². The van der Waals surface area contributed by atoms with E-state index < -0.39 is 0 Å². The third kappa shape index (κ3) is 2.27. The molecule has 1 fully saturated rings. The zero-order valence-corrected chi connectivity index (χ0v) is 6.68. The van der Waals surface area contributed by atoms with E-state index in [-0.39, 0.29) is 0 Å². The lowest BCUT2D eigenvalue weighted by Gasteiger charge is -2.17. The topological polar surface area (TPSA) is 12.5 Å². The second kappa shape index (κ2) is 3.94. The third-order valence-electron chi connectivity index (χ3n) is 1.92. The maximum absolute atomic E-state index is 5.46. The molecule has 1 rings (SSSR count). The van der Waals surface area contributed by atoms with E-state index in [1.165, 1.54) is 12.8 Å². The summed E-state index contributed by atoms with van der Waals surface area (Å²) < 4.78 is 5.46. The molecule has 1 unspecified atom stereocenters. The summed E-state index contributed by atoms with van der Waals surface area (Å²) in [6.45, 7) is 6.67. The zero-order chi connectivity index (χ0) is 7.40. The lowest BCUT2D eigenvalue weighted by Crippen LogP contribution is -2.28. The first-order valence-corrected chi connectivity index (χ1v) is 3.92. The average molecular weight is 142 g/mol. The minimum absolute atomic E-state index is 0.478. The minimum atomic E-state index is 0.478. The molecular formula is C8H16NO. The molecule has 2 heteroatoms. The summed E-state index contributed by atoms with van der Waals surface area (Å²) in [6.07, 6.45) is 2.94. The van der Waals surface area contributed by atoms with Crippen molar-refractivity contribution in [2.75, 3.05) is 26.7 Å². The van der Waals surface area contributed by atoms with Gasteiger partial charge in [0.2, 0.25) is 0 Å². The van der Waals surface area contributed by atoms with Gasteiger partial charge in [0.25, 0.3) is 0 Å². The van der Waals surface area contributed by atoms with Crippen LogP contribution in [0.15, 0.2) is 0 Å². The molecule has 0 saturated carbocycles. The smallest absolute Gasteiger partial charge is 0.0702 e. The molecule has 1 aliphatic rings. The Hall–Kier alpha value is -0.0800. The highest BCUT2D eigenvalue weighted by atomic mass is 16.5. The molecule has 1 radical (unpaired) electrons. The Morgan fingerprint density at radius 2 is 2.50 bits per heavy atom. The molecule has 0 aromatic heterocycles. The van der Waals surface area contributed by atoms with E-state index in [0.29, 0.717) is 6.10 Å². The van der Waals surface area contributed by atoms with Crippen LogP contribution in [0.25, 0.3) is 0 Å². The fraction of sp³-hybridized carbons (Fsp3) is 0.875. The van der Waals surface area contributed by atoms with Crippen LogP contribution < -0.4 is 0 Å². The zero-order valence-electron chi connectivity index (χ0n) is 6.68. The van der Waals surface area contributed by atoms with Gasteiger partial charge in [-0.2, -0.15) is 0 Å². The van der Waals surface area contributed by atoms with Gasteiger partial charge < -0.3 is 9.64 Å². The molecule has 1 atom stereocenters. The Morgan fingerprint density at radius 3 is 3.00 bits per heavy atom. The standard InChI is InChI=1S/C8H16NO/c1-3-9(2)7-8-5-4-6-10-8/h8H,1,3-7H2,2H3. The SMILES string of the molecule is [CH2]CN(C)CC1CCCO1. The van der Waals surface area contributed by atoms with Crippen molar-refractivity contribution in [2.45, 2.75) is 18.9 Å². The summed E-state index contributed by atoms with van der Waals surface area (Å²) >= 11 is 0. The first-order valence-electron chi connectivity index (χ1n) is 3.92. The highest BCUT2D eigenvalue weighted by Gasteiger charge is 2.15. The number of hydrogen-bond donors (Lipinski definition) is 0. The van der Waals surface area contributed by atoms with E-state index in [1.807, 2.05) is 0 Å². The van der Waals surface area contributed by atoms with E-state index in [4.69, 9.17) is 4.74 Å². The van der Waals surface area contributed by atoms with Gasteiger partial charge in [0.05, 0.1) is 6.10 Å². The van der Waals surface area contributed by atoms with Crippen LogP contribution in [0.4, 0.5) is 0 Å². The van der Waals surface area contributed by atoms with Crippen LogP contribution in [0.3, 0.4) is 0 Å². The molecule has 0 aromatic rings. The third-order valence-corrected chi connectivity index (χ3v) is 1.92. The lowest BCUT2D eigenvalue weighted by molar-refractivity contribution is 0.0842. The van der Waals surface area contributed by atoms with Crippen molar-refractivity contribution in [1.29, 1.82) is 0 Å². The first-order chi connectivity index (χ1) is 4.83. The number of rotatable bonds is 3. The fourth-order valence-corrected chi connectivity index (χ4v) is 1.23. The molecule has 0 amide bonds. The van der Waals surface area contributed by atoms with Gasteiger partial charge in [0, 0.05) is 13.2 Å². The maximum Gasteiger partial charge on any atom is 0.0702 e. The molecule has 0 bridgehead atoms. The van der Waals surface area contributed by atoms with E-state index >= 15 is 0 Å². The second-order valence-electron chi connectivity index (χ2n) is 2.90. The predicted octanol–water partition coefficient (Wildman–Crippen LogP) is 0.931. The van der Waals surface area contributed by atoms with Gasteiger partial charge in [-0.25, -0.2) is 0 Å². The molecule has 1 saturated heterocycles. The molecule has 2 nitrogen and oxygen atoms in total. The van der Waals surface area contributed by atoms with Gasteiger partial charge in [0.15, 0.2) is 0 Å². The molecule has 0 spiro atoms. The Morgan fingerprint density at radius 1 is 1.70 bits per heavy atom. The fourth-order valence-electron chi connectivity index (χ4n) is 1.23. The van der Waals surface area contributed by atoms with Crippen LogP contribution in [0.5, 0.6) is 0 Å². The normalized spacial score (nSPS) is 26.1. The second-order valence-corrected chi connectivity index (χ2v) is 2.90. The highest BCUT2D eigenvalue weighted by Crippen LogP contribution is 2.12. The molecule has 10 heavy (non-hydrogen) atoms. The van der Waals surface area contributed by atoms with Gasteiger partial charge in [0.1, 0.15) is 0 Å². The monoisotopic (exact) mass is 142 g/mol. The number of ether oxygens (including phenoxy) is 1. The maximum atomic E-state index is 5.46. The van der Waals surface area contributed by atoms with E-state index in [0.717, 1.165) is 19.7 Å². The average Bonchev–Trinajstić information content (AvgIpc) is 2.40. The number of nitrogens with zero attached hydrogens (tertiary/aromatic N) is 1. The van der Waals surface area contributed by atoms with Gasteiger partial charge in [-0.05, 0) is 33.4 Å². The lowest BCUT2D eigenvalue weighted by atomic mass is 10.2. The Labute approximate surface area is 63.2 Å². The van der Waals surface area contributed by atoms with Gasteiger partial charge in [-0.3, -0.25) is 0 Å². The summed E-state index contributed by atoms with van der Waals surface area (Å²) in [4.78, 5) is 2.19. The molecule has 1 aliphatic heterocycles. The Balaban J connectivity index is 2.11. The number of hydrogen-bond acceptors (Lipinski definition) is 2. The molecule has 0 aliphatic carbocycles. The van der Waals surface area contributed by atoms with Crippen LogP contribution in [-0.4, -0.2) is 37.7 Å². The molecule has 0 aromatic carbocycles. The van der Waals surface area contributed by atoms with Crippen molar-refractivity contribution >= 4 is 0 Å². The summed E-state index contributed by atoms with van der Waals surface area (Å²) in [5, 5.41) is 0. The van der Waals surface area contributed by atoms with Crippen LogP contribution in [0, 0.1) is 6.92 Å². The van der Waals surface area contributed by atoms with E-state index in [1.54, 1.807) is 0 Å². The van der Waals surface area contributed by atoms with Crippen molar-refractivity contribution in [3.63, 3.8) is 0 Å². The minimum Gasteiger partial charge on any atom is -0.377 e. The van der Waals surface area contributed by atoms with Crippen molar-refractivity contribution in [3.05, 3.63) is 6.92 Å². The first kappa shape index (κ1) is 8.02. The van der Waals surface area contributed by atoms with Crippen LogP contribution >= 0.6 is 0 Å². The predicted molar refractivity (Wildman–Crippen MR) is 41.8 cm³/mol. The number of likely N-dealkylation sites (N-methyl/N-ethyl adjacent to an activating group) is 1. The highest BCUT2D eigenvalue weighted by molar-refractivity contribution is 4.68. The molecule has 0 N–H and O–H groups in total. The summed E-state index contributed by atoms with van der Waals surface area (Å²) in [6, 6.07) is 0. The summed E-state index contributed by atoms with van der Waals surface area (Å²) in [7, 11) is 2.08. The van der Waals surface area contributed by atoms with E-state index in [9.17, 15) is 0 Å². The molecular weight excluding hydrogens is 126 g/mol. The van der Waals surface area contributed by atoms with Crippen molar-refractivity contribution < 1.29 is 4.74 Å². The van der Waals surface area contributed by atoms with Gasteiger partial charge in [-0.15, -0.1) is 0 Å². The van der Waals surface area contributed by atoms with Gasteiger partial charge >= 0.3 is 0 Å². The van der Waals surface area contributed by atoms with Crippen molar-refractivity contribution in [2.24, 2.45) is 0 Å². The Bertz CT molecular complexity index is 89.3.